The molecule has 0 saturated heterocycles. The summed E-state index contributed by atoms with van der Waals surface area (Å²) in [7, 11) is 1.54. The van der Waals surface area contributed by atoms with Crippen molar-refractivity contribution >= 4 is 17.3 Å². The zero-order valence-electron chi connectivity index (χ0n) is 10.9. The Labute approximate surface area is 115 Å². The highest BCUT2D eigenvalue weighted by atomic mass is 35.5. The van der Waals surface area contributed by atoms with Gasteiger partial charge in [-0.3, -0.25) is 0 Å². The Bertz CT molecular complexity index is 409. The van der Waals surface area contributed by atoms with Crippen LogP contribution in [0.5, 0.6) is 5.75 Å². The number of halogens is 4. The number of rotatable bonds is 6. The molecule has 1 N–H and O–H groups in total. The molecule has 0 amide bonds. The van der Waals surface area contributed by atoms with Gasteiger partial charge in [0.25, 0.3) is 0 Å². The average Bonchev–Trinajstić information content (AvgIpc) is 2.30. The molecule has 0 aliphatic heterocycles. The van der Waals surface area contributed by atoms with Gasteiger partial charge in [0.05, 0.1) is 17.8 Å². The van der Waals surface area contributed by atoms with Gasteiger partial charge in [0, 0.05) is 18.5 Å². The molecule has 0 aliphatic rings. The van der Waals surface area contributed by atoms with E-state index in [-0.39, 0.29) is 12.5 Å². The number of alkyl halides is 3. The minimum Gasteiger partial charge on any atom is -0.497 e. The SMILES string of the molecule is COc1ccc(Cl)c(NC(C)CCCC(F)(F)F)c1. The van der Waals surface area contributed by atoms with E-state index in [1.807, 2.05) is 6.92 Å². The standard InChI is InChI=1S/C13H17ClF3NO/c1-9(4-3-7-13(15,16)17)18-12-8-10(19-2)5-6-11(12)14/h5-6,8-9,18H,3-4,7H2,1-2H3. The molecule has 0 fully saturated rings. The minimum absolute atomic E-state index is 0.0908. The summed E-state index contributed by atoms with van der Waals surface area (Å²) in [5.74, 6) is 0.648. The second-order valence-corrected chi connectivity index (χ2v) is 4.81. The van der Waals surface area contributed by atoms with E-state index in [0.717, 1.165) is 0 Å². The molecule has 1 aromatic rings. The molecule has 6 heteroatoms. The molecule has 2 nitrogen and oxygen atoms in total. The van der Waals surface area contributed by atoms with E-state index in [0.29, 0.717) is 22.9 Å². The number of anilines is 1. The summed E-state index contributed by atoms with van der Waals surface area (Å²) in [6.07, 6.45) is -4.33. The van der Waals surface area contributed by atoms with Gasteiger partial charge in [-0.2, -0.15) is 13.2 Å². The van der Waals surface area contributed by atoms with Gasteiger partial charge in [-0.1, -0.05) is 11.6 Å². The minimum atomic E-state index is -4.09. The molecule has 0 bridgehead atoms. The molecule has 1 aromatic carbocycles. The zero-order valence-corrected chi connectivity index (χ0v) is 11.6. The number of hydrogen-bond donors (Lipinski definition) is 1. The maximum atomic E-state index is 12.0. The fraction of sp³-hybridized carbons (Fsp3) is 0.538. The van der Waals surface area contributed by atoms with E-state index in [1.54, 1.807) is 25.3 Å². The Morgan fingerprint density at radius 1 is 1.37 bits per heavy atom. The molecule has 19 heavy (non-hydrogen) atoms. The lowest BCUT2D eigenvalue weighted by molar-refractivity contribution is -0.135. The normalized spacial score (nSPS) is 13.2. The van der Waals surface area contributed by atoms with E-state index in [4.69, 9.17) is 16.3 Å². The van der Waals surface area contributed by atoms with Gasteiger partial charge in [-0.05, 0) is 31.9 Å². The van der Waals surface area contributed by atoms with Crippen molar-refractivity contribution in [2.45, 2.75) is 38.4 Å². The first-order chi connectivity index (χ1) is 8.81. The predicted octanol–water partition coefficient (Wildman–Crippen LogP) is 4.88. The molecule has 0 saturated carbocycles. The Morgan fingerprint density at radius 2 is 2.05 bits per heavy atom. The molecular weight excluding hydrogens is 279 g/mol. The predicted molar refractivity (Wildman–Crippen MR) is 71.0 cm³/mol. The summed E-state index contributed by atoms with van der Waals surface area (Å²) >= 11 is 6.01. The monoisotopic (exact) mass is 295 g/mol. The van der Waals surface area contributed by atoms with Gasteiger partial charge in [0.15, 0.2) is 0 Å². The summed E-state index contributed by atoms with van der Waals surface area (Å²) < 4.78 is 41.2. The Hall–Kier alpha value is -1.10. The quantitative estimate of drug-likeness (QED) is 0.807. The van der Waals surface area contributed by atoms with E-state index < -0.39 is 12.6 Å². The Morgan fingerprint density at radius 3 is 2.63 bits per heavy atom. The molecule has 0 spiro atoms. The Balaban J connectivity index is 2.50. The summed E-state index contributed by atoms with van der Waals surface area (Å²) in [6, 6.07) is 5.04. The van der Waals surface area contributed by atoms with Crippen LogP contribution in [0, 0.1) is 0 Å². The van der Waals surface area contributed by atoms with Crippen LogP contribution in [-0.4, -0.2) is 19.3 Å². The van der Waals surface area contributed by atoms with Crippen LogP contribution in [0.15, 0.2) is 18.2 Å². The highest BCUT2D eigenvalue weighted by Crippen LogP contribution is 2.28. The van der Waals surface area contributed by atoms with Crippen molar-refractivity contribution in [3.8, 4) is 5.75 Å². The number of ether oxygens (including phenoxy) is 1. The maximum absolute atomic E-state index is 12.0. The van der Waals surface area contributed by atoms with Crippen LogP contribution in [0.2, 0.25) is 5.02 Å². The van der Waals surface area contributed by atoms with Gasteiger partial charge in [-0.15, -0.1) is 0 Å². The summed E-state index contributed by atoms with van der Waals surface area (Å²) in [5, 5.41) is 3.61. The number of hydrogen-bond acceptors (Lipinski definition) is 2. The third-order valence-corrected chi connectivity index (χ3v) is 3.00. The van der Waals surface area contributed by atoms with Gasteiger partial charge >= 0.3 is 6.18 Å². The van der Waals surface area contributed by atoms with Crippen molar-refractivity contribution in [2.24, 2.45) is 0 Å². The van der Waals surface area contributed by atoms with E-state index >= 15 is 0 Å². The molecule has 1 atom stereocenters. The first-order valence-electron chi connectivity index (χ1n) is 5.98. The summed E-state index contributed by atoms with van der Waals surface area (Å²) in [4.78, 5) is 0. The van der Waals surface area contributed by atoms with Crippen LogP contribution >= 0.6 is 11.6 Å². The first-order valence-corrected chi connectivity index (χ1v) is 6.36. The summed E-state index contributed by atoms with van der Waals surface area (Å²) in [5.41, 5.74) is 0.667. The average molecular weight is 296 g/mol. The largest absolute Gasteiger partial charge is 0.497 e. The maximum Gasteiger partial charge on any atom is 0.389 e. The third-order valence-electron chi connectivity index (χ3n) is 2.67. The van der Waals surface area contributed by atoms with Crippen LogP contribution in [-0.2, 0) is 0 Å². The molecule has 108 valence electrons. The van der Waals surface area contributed by atoms with Crippen molar-refractivity contribution < 1.29 is 17.9 Å². The molecule has 1 unspecified atom stereocenters. The van der Waals surface area contributed by atoms with Crippen molar-refractivity contribution in [2.75, 3.05) is 12.4 Å². The number of nitrogens with one attached hydrogen (secondary N) is 1. The molecule has 1 rings (SSSR count). The number of benzene rings is 1. The van der Waals surface area contributed by atoms with Crippen LogP contribution in [0.1, 0.15) is 26.2 Å². The third kappa shape index (κ3) is 6.05. The van der Waals surface area contributed by atoms with Crippen molar-refractivity contribution in [1.29, 1.82) is 0 Å². The van der Waals surface area contributed by atoms with Gasteiger partial charge in [0.1, 0.15) is 5.75 Å². The molecule has 0 aromatic heterocycles. The summed E-state index contributed by atoms with van der Waals surface area (Å²) in [6.45, 7) is 1.83. The fourth-order valence-corrected chi connectivity index (χ4v) is 1.86. The highest BCUT2D eigenvalue weighted by Gasteiger charge is 2.26. The lowest BCUT2D eigenvalue weighted by atomic mass is 10.1. The van der Waals surface area contributed by atoms with E-state index in [9.17, 15) is 13.2 Å². The van der Waals surface area contributed by atoms with Gasteiger partial charge in [-0.25, -0.2) is 0 Å². The molecule has 0 aliphatic carbocycles. The van der Waals surface area contributed by atoms with Gasteiger partial charge in [0.2, 0.25) is 0 Å². The van der Waals surface area contributed by atoms with E-state index in [2.05, 4.69) is 5.32 Å². The fourth-order valence-electron chi connectivity index (χ4n) is 1.69. The smallest absolute Gasteiger partial charge is 0.389 e. The lowest BCUT2D eigenvalue weighted by Crippen LogP contribution is -2.17. The van der Waals surface area contributed by atoms with Crippen LogP contribution in [0.3, 0.4) is 0 Å². The first kappa shape index (κ1) is 16.0. The molecule has 0 radical (unpaired) electrons. The highest BCUT2D eigenvalue weighted by molar-refractivity contribution is 6.33. The van der Waals surface area contributed by atoms with E-state index in [1.165, 1.54) is 0 Å². The van der Waals surface area contributed by atoms with Gasteiger partial charge < -0.3 is 10.1 Å². The van der Waals surface area contributed by atoms with Crippen molar-refractivity contribution in [3.05, 3.63) is 23.2 Å². The van der Waals surface area contributed by atoms with Crippen LogP contribution < -0.4 is 10.1 Å². The number of methoxy groups -OCH3 is 1. The Kier molecular flexibility index (Phi) is 5.79. The van der Waals surface area contributed by atoms with Crippen molar-refractivity contribution in [1.82, 2.24) is 0 Å². The molecule has 0 heterocycles. The second kappa shape index (κ2) is 6.89. The second-order valence-electron chi connectivity index (χ2n) is 4.40. The van der Waals surface area contributed by atoms with Crippen molar-refractivity contribution in [3.63, 3.8) is 0 Å². The molecular formula is C13H17ClF3NO. The zero-order chi connectivity index (χ0) is 14.5. The van der Waals surface area contributed by atoms with Crippen LogP contribution in [0.25, 0.3) is 0 Å². The van der Waals surface area contributed by atoms with Crippen LogP contribution in [0.4, 0.5) is 18.9 Å². The topological polar surface area (TPSA) is 21.3 Å². The lowest BCUT2D eigenvalue weighted by Gasteiger charge is -2.17.